The van der Waals surface area contributed by atoms with Crippen LogP contribution in [-0.4, -0.2) is 36.0 Å². The Labute approximate surface area is 370 Å². The lowest BCUT2D eigenvalue weighted by molar-refractivity contribution is 0.0697. The number of hydrogen-bond donors (Lipinski definition) is 1. The monoisotopic (exact) mass is 1540 g/mol. The molecule has 0 saturated heterocycles. The van der Waals surface area contributed by atoms with Gasteiger partial charge >= 0.3 is 17.9 Å². The molecule has 0 aliphatic rings. The molecule has 4 rings (SSSR count). The number of benzene rings is 4. The van der Waals surface area contributed by atoms with E-state index in [0.717, 1.165) is 19.3 Å². The first kappa shape index (κ1) is 39.6. The Hall–Kier alpha value is 0.840. The average Bonchev–Trinajstić information content (AvgIpc) is 2.88. The van der Waals surface area contributed by atoms with Gasteiger partial charge in [-0.15, -0.1) is 0 Å². The third-order valence-corrected chi connectivity index (χ3v) is 13.6. The van der Waals surface area contributed by atoms with Crippen LogP contribution in [0.15, 0.2) is 53.4 Å². The topological polar surface area (TPSA) is 156 Å². The highest BCUT2D eigenvalue weighted by Crippen LogP contribution is 2.40. The summed E-state index contributed by atoms with van der Waals surface area (Å²) in [5, 5.41) is 11.1. The van der Waals surface area contributed by atoms with Crippen molar-refractivity contribution >= 4 is 209 Å². The van der Waals surface area contributed by atoms with Crippen LogP contribution >= 0.6 is 181 Å². The lowest BCUT2D eigenvalue weighted by atomic mass is 10.1. The highest BCUT2D eigenvalue weighted by molar-refractivity contribution is 14.1. The van der Waals surface area contributed by atoms with E-state index in [1.165, 1.54) is 12.1 Å². The summed E-state index contributed by atoms with van der Waals surface area (Å²) < 4.78 is 55.6. The molecule has 46 heavy (non-hydrogen) atoms. The van der Waals surface area contributed by atoms with Crippen LogP contribution in [0.25, 0.3) is 0 Å². The van der Waals surface area contributed by atoms with Crippen LogP contribution in [0.3, 0.4) is 0 Å². The minimum absolute atomic E-state index is 0.0284. The predicted molar refractivity (Wildman–Crippen MR) is 232 cm³/mol. The molecular weight excluding hydrogens is 1530 g/mol. The zero-order valence-electron chi connectivity index (χ0n) is 21.7. The summed E-state index contributed by atoms with van der Waals surface area (Å²) in [5.74, 6) is -4.52. The fourth-order valence-corrected chi connectivity index (χ4v) is 15.6. The maximum Gasteiger partial charge on any atom is 0.345 e. The van der Waals surface area contributed by atoms with Crippen molar-refractivity contribution in [3.63, 3.8) is 0 Å². The van der Waals surface area contributed by atoms with E-state index in [0.29, 0.717) is 14.3 Å². The van der Waals surface area contributed by atoms with E-state index in [1.54, 1.807) is 69.4 Å². The number of phenolic OH excluding ortho intramolecular Hbond substituents is 1. The molecule has 0 heterocycles. The van der Waals surface area contributed by atoms with Crippen molar-refractivity contribution in [2.45, 2.75) is 4.90 Å². The maximum absolute atomic E-state index is 13.4. The molecule has 4 aromatic carbocycles. The van der Waals surface area contributed by atoms with Crippen molar-refractivity contribution in [1.82, 2.24) is 0 Å². The van der Waals surface area contributed by atoms with Gasteiger partial charge in [0.2, 0.25) is 5.75 Å². The molecular formula is C27H9I8O10S-. The van der Waals surface area contributed by atoms with Crippen molar-refractivity contribution in [1.29, 1.82) is 0 Å². The van der Waals surface area contributed by atoms with Crippen molar-refractivity contribution in [2.75, 3.05) is 0 Å². The zero-order chi connectivity index (χ0) is 34.2. The van der Waals surface area contributed by atoms with Gasteiger partial charge in [-0.3, -0.25) is 0 Å². The average molecular weight is 1540 g/mol. The number of ether oxygens (including phenoxy) is 3. The first-order valence-corrected chi connectivity index (χ1v) is 21.7. The number of carbonyl (C=O) groups is 3. The standard InChI is InChI=1S/C27H10I8O10S/c28-10-3-13(30)21(14(31)4-10)26(38)44-19-1-9(25(37)43-12-7-17(34)24(18(35)8-12)46(40,41)42)2-20(23(19)36)45-27(39)22-15(32)5-11(29)6-16(22)33/h1-8,36H,(H,40,41,42)/p-1. The molecule has 0 radical (unpaired) electrons. The summed E-state index contributed by atoms with van der Waals surface area (Å²) in [7, 11) is -4.80. The fourth-order valence-electron chi connectivity index (χ4n) is 3.63. The van der Waals surface area contributed by atoms with Gasteiger partial charge in [0.1, 0.15) is 15.9 Å². The van der Waals surface area contributed by atoms with Crippen LogP contribution in [0.5, 0.6) is 23.0 Å². The van der Waals surface area contributed by atoms with Crippen molar-refractivity contribution in [3.8, 4) is 23.0 Å². The van der Waals surface area contributed by atoms with Crippen molar-refractivity contribution in [2.24, 2.45) is 0 Å². The van der Waals surface area contributed by atoms with E-state index in [2.05, 4.69) is 45.2 Å². The molecule has 0 atom stereocenters. The first-order chi connectivity index (χ1) is 21.4. The maximum atomic E-state index is 13.4. The summed E-state index contributed by atoms with van der Waals surface area (Å²) >= 11 is 15.4. The van der Waals surface area contributed by atoms with Crippen LogP contribution in [-0.2, 0) is 10.1 Å². The molecule has 0 spiro atoms. The number of esters is 3. The molecule has 0 bridgehead atoms. The van der Waals surface area contributed by atoms with Gasteiger partial charge in [0.25, 0.3) is 0 Å². The number of hydrogen-bond acceptors (Lipinski definition) is 10. The largest absolute Gasteiger partial charge is 0.744 e. The normalized spacial score (nSPS) is 11.2. The molecule has 0 amide bonds. The third-order valence-electron chi connectivity index (χ3n) is 5.54. The summed E-state index contributed by atoms with van der Waals surface area (Å²) in [5.41, 5.74) is 0.147. The second-order valence-corrected chi connectivity index (χ2v) is 19.4. The van der Waals surface area contributed by atoms with Gasteiger partial charge < -0.3 is 23.9 Å². The molecule has 4 aromatic rings. The Bertz CT molecular complexity index is 1910. The van der Waals surface area contributed by atoms with Gasteiger partial charge in [-0.2, -0.15) is 0 Å². The van der Waals surface area contributed by atoms with Gasteiger partial charge in [-0.1, -0.05) is 0 Å². The molecule has 19 heteroatoms. The molecule has 10 nitrogen and oxygen atoms in total. The molecule has 240 valence electrons. The molecule has 0 aliphatic carbocycles. The number of rotatable bonds is 7. The van der Waals surface area contributed by atoms with Crippen LogP contribution in [0.1, 0.15) is 31.1 Å². The second kappa shape index (κ2) is 16.5. The van der Waals surface area contributed by atoms with E-state index in [4.69, 9.17) is 14.2 Å². The van der Waals surface area contributed by atoms with Crippen molar-refractivity contribution in [3.05, 3.63) is 93.8 Å². The Morgan fingerprint density at radius 3 is 1.28 bits per heavy atom. The smallest absolute Gasteiger partial charge is 0.345 e. The van der Waals surface area contributed by atoms with Gasteiger partial charge in [0, 0.05) is 28.6 Å². The van der Waals surface area contributed by atoms with Gasteiger partial charge in [0.15, 0.2) is 11.5 Å². The highest BCUT2D eigenvalue weighted by Gasteiger charge is 2.26. The fraction of sp³-hybridized carbons (Fsp3) is 0. The minimum atomic E-state index is -4.80. The van der Waals surface area contributed by atoms with E-state index >= 15 is 0 Å². The lowest BCUT2D eigenvalue weighted by Crippen LogP contribution is -2.16. The first-order valence-electron chi connectivity index (χ1n) is 11.6. The van der Waals surface area contributed by atoms with Crippen LogP contribution in [0, 0.1) is 28.6 Å². The van der Waals surface area contributed by atoms with E-state index < -0.39 is 50.2 Å². The Kier molecular flexibility index (Phi) is 14.2. The molecule has 0 unspecified atom stereocenters. The summed E-state index contributed by atoms with van der Waals surface area (Å²) in [6, 6.07) is 11.5. The van der Waals surface area contributed by atoms with Gasteiger partial charge in [-0.25, -0.2) is 22.8 Å². The molecule has 0 fully saturated rings. The summed E-state index contributed by atoms with van der Waals surface area (Å²) in [6.45, 7) is 0. The quantitative estimate of drug-likeness (QED) is 0.0822. The third kappa shape index (κ3) is 9.58. The van der Waals surface area contributed by atoms with Crippen LogP contribution < -0.4 is 14.2 Å². The van der Waals surface area contributed by atoms with Crippen LogP contribution in [0.4, 0.5) is 0 Å². The second-order valence-electron chi connectivity index (χ2n) is 8.65. The number of aromatic hydroxyl groups is 1. The SMILES string of the molecule is O=C(Oc1cc(I)c(S(=O)(=O)[O-])c(I)c1)c1cc(OC(=O)c2c(I)cc(I)cc2I)c(O)c(OC(=O)c2c(I)cc(I)cc2I)c1. The predicted octanol–water partition coefficient (Wildman–Crippen LogP) is 8.79. The van der Waals surface area contributed by atoms with Gasteiger partial charge in [-0.05, 0) is 229 Å². The number of carbonyl (C=O) groups excluding carboxylic acids is 3. The zero-order valence-corrected chi connectivity index (χ0v) is 39.7. The number of phenols is 1. The minimum Gasteiger partial charge on any atom is -0.744 e. The summed E-state index contributed by atoms with van der Waals surface area (Å²) in [4.78, 5) is 39.5. The highest BCUT2D eigenvalue weighted by atomic mass is 127. The molecule has 1 N–H and O–H groups in total. The molecule has 0 aliphatic heterocycles. The van der Waals surface area contributed by atoms with E-state index in [-0.39, 0.29) is 29.6 Å². The van der Waals surface area contributed by atoms with Crippen LogP contribution in [0.2, 0.25) is 0 Å². The molecule has 0 saturated carbocycles. The summed E-state index contributed by atoms with van der Waals surface area (Å²) in [6.07, 6.45) is 0. The Morgan fingerprint density at radius 1 is 0.565 bits per heavy atom. The Balaban J connectivity index is 1.78. The molecule has 0 aromatic heterocycles. The number of halogens is 8. The van der Waals surface area contributed by atoms with Crippen molar-refractivity contribution < 1.29 is 46.7 Å². The van der Waals surface area contributed by atoms with E-state index in [9.17, 15) is 32.5 Å². The lowest BCUT2D eigenvalue weighted by Gasteiger charge is -2.16. The Morgan fingerprint density at radius 2 is 0.935 bits per heavy atom. The van der Waals surface area contributed by atoms with E-state index in [1.807, 2.05) is 90.4 Å². The van der Waals surface area contributed by atoms with Gasteiger partial charge in [0.05, 0.1) is 21.6 Å².